The Bertz CT molecular complexity index is 1630. The lowest BCUT2D eigenvalue weighted by Crippen LogP contribution is -2.49. The van der Waals surface area contributed by atoms with Crippen molar-refractivity contribution in [2.45, 2.75) is 12.5 Å². The lowest BCUT2D eigenvalue weighted by molar-refractivity contribution is -0.134. The molecule has 53 heavy (non-hydrogen) atoms. The fourth-order valence-corrected chi connectivity index (χ4v) is 5.51. The van der Waals surface area contributed by atoms with Crippen molar-refractivity contribution in [1.29, 1.82) is 0 Å². The molecular weight excluding hydrogens is 686 g/mol. The average molecular weight is 732 g/mol. The molecule has 0 amide bonds. The van der Waals surface area contributed by atoms with Crippen LogP contribution in [0.1, 0.15) is 17.5 Å². The number of para-hydroxylation sites is 4. The van der Waals surface area contributed by atoms with Gasteiger partial charge in [0.1, 0.15) is 12.7 Å². The van der Waals surface area contributed by atoms with E-state index in [2.05, 4.69) is 75.4 Å². The van der Waals surface area contributed by atoms with Crippen molar-refractivity contribution in [2.24, 2.45) is 0 Å². The highest BCUT2D eigenvalue weighted by molar-refractivity contribution is 5.90. The molecule has 0 saturated carbocycles. The van der Waals surface area contributed by atoms with E-state index < -0.39 is 30.0 Å². The van der Waals surface area contributed by atoms with Gasteiger partial charge < -0.3 is 44.8 Å². The third-order valence-electron chi connectivity index (χ3n) is 7.92. The number of piperazine rings is 1. The van der Waals surface area contributed by atoms with Gasteiger partial charge in [0.15, 0.2) is 11.5 Å². The van der Waals surface area contributed by atoms with Gasteiger partial charge in [0.05, 0.1) is 7.11 Å². The van der Waals surface area contributed by atoms with Gasteiger partial charge >= 0.3 is 23.9 Å². The first kappa shape index (κ1) is 41.5. The zero-order chi connectivity index (χ0) is 38.6. The number of aliphatic hydroxyl groups is 1. The zero-order valence-corrected chi connectivity index (χ0v) is 29.4. The summed E-state index contributed by atoms with van der Waals surface area (Å²) >= 11 is 0. The highest BCUT2D eigenvalue weighted by Gasteiger charge is 2.21. The molecular formula is C39H45N3O11. The fraction of sp³-hybridized carbons (Fsp3) is 0.282. The van der Waals surface area contributed by atoms with Gasteiger partial charge in [-0.15, -0.1) is 0 Å². The van der Waals surface area contributed by atoms with Gasteiger partial charge in [-0.3, -0.25) is 4.90 Å². The van der Waals surface area contributed by atoms with Crippen LogP contribution >= 0.6 is 0 Å². The minimum absolute atomic E-state index is 0.258. The summed E-state index contributed by atoms with van der Waals surface area (Å²) in [7, 11) is 1.63. The predicted molar refractivity (Wildman–Crippen MR) is 200 cm³/mol. The molecule has 1 saturated heterocycles. The van der Waals surface area contributed by atoms with E-state index in [9.17, 15) is 24.3 Å². The number of carboxylic acids is 4. The standard InChI is InChI=1S/C31H37N3O3.2C4H4O4/c1-36-30-13-6-7-14-31(30)37-24-27(35)23-33-21-19-32(20-22-33)17-8-18-34-28-11-4-2-9-25(28)15-16-26-10-3-5-12-29(26)34;2*5-3(6)1-2-4(7)8/h2-7,9-16,27,35H,8,17-24H2,1H3;2*1-2H,(H,5,6)(H,7,8)/b;2*2-1+. The van der Waals surface area contributed by atoms with E-state index in [1.54, 1.807) is 7.11 Å². The van der Waals surface area contributed by atoms with Crippen LogP contribution < -0.4 is 14.4 Å². The third-order valence-corrected chi connectivity index (χ3v) is 7.92. The molecule has 0 bridgehead atoms. The number of β-amino-alcohol motifs (C(OH)–C–C–N with tert-alkyl or cyclic N) is 1. The molecule has 1 atom stereocenters. The summed E-state index contributed by atoms with van der Waals surface area (Å²) in [6, 6.07) is 24.9. The molecule has 14 heteroatoms. The number of carbonyl (C=O) groups is 4. The summed E-state index contributed by atoms with van der Waals surface area (Å²) < 4.78 is 11.1. The SMILES string of the molecule is COc1ccccc1OCC(O)CN1CCN(CCCN2c3ccccc3C=Cc3ccccc32)CC1.O=C(O)/C=C/C(=O)O.O=C(O)/C=C/C(=O)O. The van der Waals surface area contributed by atoms with Crippen LogP contribution in [-0.2, 0) is 19.2 Å². The number of anilines is 2. The van der Waals surface area contributed by atoms with Gasteiger partial charge in [-0.05, 0) is 48.4 Å². The number of benzene rings is 3. The van der Waals surface area contributed by atoms with Crippen molar-refractivity contribution in [3.63, 3.8) is 0 Å². The van der Waals surface area contributed by atoms with Crippen LogP contribution in [0.3, 0.4) is 0 Å². The number of nitrogens with zero attached hydrogens (tertiary/aromatic N) is 3. The summed E-state index contributed by atoms with van der Waals surface area (Å²) in [6.45, 7) is 6.90. The third kappa shape index (κ3) is 15.0. The summed E-state index contributed by atoms with van der Waals surface area (Å²) in [5, 5.41) is 41.8. The monoisotopic (exact) mass is 731 g/mol. The normalized spacial score (nSPS) is 14.4. The molecule has 14 nitrogen and oxygen atoms in total. The highest BCUT2D eigenvalue weighted by atomic mass is 16.5. The largest absolute Gasteiger partial charge is 0.493 e. The number of carboxylic acid groups (broad SMARTS) is 4. The van der Waals surface area contributed by atoms with Gasteiger partial charge in [-0.25, -0.2) is 19.2 Å². The number of aliphatic hydroxyl groups excluding tert-OH is 1. The first-order valence-corrected chi connectivity index (χ1v) is 16.8. The smallest absolute Gasteiger partial charge is 0.328 e. The quantitative estimate of drug-likeness (QED) is 0.148. The van der Waals surface area contributed by atoms with Gasteiger partial charge in [-0.2, -0.15) is 0 Å². The van der Waals surface area contributed by atoms with Crippen LogP contribution in [0.25, 0.3) is 12.2 Å². The van der Waals surface area contributed by atoms with E-state index in [0.29, 0.717) is 42.3 Å². The molecule has 282 valence electrons. The Labute approximate surface area is 307 Å². The van der Waals surface area contributed by atoms with E-state index in [-0.39, 0.29) is 6.61 Å². The average Bonchev–Trinajstić information content (AvgIpc) is 3.30. The van der Waals surface area contributed by atoms with Crippen molar-refractivity contribution in [3.8, 4) is 11.5 Å². The fourth-order valence-electron chi connectivity index (χ4n) is 5.51. The van der Waals surface area contributed by atoms with E-state index >= 15 is 0 Å². The van der Waals surface area contributed by atoms with Crippen LogP contribution in [0.2, 0.25) is 0 Å². The minimum atomic E-state index is -1.26. The van der Waals surface area contributed by atoms with Gasteiger partial charge in [-0.1, -0.05) is 60.7 Å². The van der Waals surface area contributed by atoms with Crippen molar-refractivity contribution in [2.75, 3.05) is 64.4 Å². The number of methoxy groups -OCH3 is 1. The molecule has 0 spiro atoms. The second-order valence-electron chi connectivity index (χ2n) is 11.7. The van der Waals surface area contributed by atoms with Gasteiger partial charge in [0, 0.05) is 74.9 Å². The molecule has 2 aliphatic rings. The maximum Gasteiger partial charge on any atom is 0.328 e. The van der Waals surface area contributed by atoms with E-state index in [1.807, 2.05) is 24.3 Å². The molecule has 3 aromatic carbocycles. The number of fused-ring (bicyclic) bond motifs is 2. The molecule has 1 fully saturated rings. The van der Waals surface area contributed by atoms with Gasteiger partial charge in [0.25, 0.3) is 0 Å². The number of hydrogen-bond donors (Lipinski definition) is 5. The zero-order valence-electron chi connectivity index (χ0n) is 29.4. The molecule has 0 aliphatic carbocycles. The predicted octanol–water partition coefficient (Wildman–Crippen LogP) is 4.19. The second-order valence-corrected chi connectivity index (χ2v) is 11.7. The summed E-state index contributed by atoms with van der Waals surface area (Å²) in [5.74, 6) is -3.68. The topological polar surface area (TPSA) is 198 Å². The number of aliphatic carboxylic acids is 4. The Morgan fingerprint density at radius 2 is 1.08 bits per heavy atom. The second kappa shape index (κ2) is 22.1. The number of ether oxygens (including phenoxy) is 2. The molecule has 3 aromatic rings. The van der Waals surface area contributed by atoms with Crippen LogP contribution in [-0.4, -0.2) is 125 Å². The molecule has 1 unspecified atom stereocenters. The van der Waals surface area contributed by atoms with Crippen molar-refractivity contribution in [3.05, 3.63) is 108 Å². The molecule has 2 aliphatic heterocycles. The van der Waals surface area contributed by atoms with E-state index in [4.69, 9.17) is 29.9 Å². The number of hydrogen-bond acceptors (Lipinski definition) is 10. The Balaban J connectivity index is 0.000000395. The van der Waals surface area contributed by atoms with Crippen LogP contribution in [0.4, 0.5) is 11.4 Å². The first-order chi connectivity index (χ1) is 25.5. The highest BCUT2D eigenvalue weighted by Crippen LogP contribution is 2.36. The Hall–Kier alpha value is -5.96. The minimum Gasteiger partial charge on any atom is -0.493 e. The molecule has 0 aromatic heterocycles. The van der Waals surface area contributed by atoms with E-state index in [0.717, 1.165) is 45.7 Å². The molecule has 5 N–H and O–H groups in total. The summed E-state index contributed by atoms with van der Waals surface area (Å²) in [4.78, 5) is 45.6. The van der Waals surface area contributed by atoms with E-state index in [1.165, 1.54) is 22.5 Å². The summed E-state index contributed by atoms with van der Waals surface area (Å²) in [5.41, 5.74) is 5.08. The maximum absolute atomic E-state index is 10.5. The Morgan fingerprint density at radius 1 is 0.642 bits per heavy atom. The van der Waals surface area contributed by atoms with Crippen molar-refractivity contribution >= 4 is 47.4 Å². The Kier molecular flexibility index (Phi) is 17.3. The maximum atomic E-state index is 10.5. The molecule has 0 radical (unpaired) electrons. The lowest BCUT2D eigenvalue weighted by Gasteiger charge is -2.36. The first-order valence-electron chi connectivity index (χ1n) is 16.8. The lowest BCUT2D eigenvalue weighted by atomic mass is 10.1. The van der Waals surface area contributed by atoms with Crippen LogP contribution in [0.5, 0.6) is 11.5 Å². The van der Waals surface area contributed by atoms with Crippen LogP contribution in [0, 0.1) is 0 Å². The van der Waals surface area contributed by atoms with Gasteiger partial charge in [0.2, 0.25) is 0 Å². The Morgan fingerprint density at radius 3 is 1.55 bits per heavy atom. The number of rotatable bonds is 14. The van der Waals surface area contributed by atoms with Crippen LogP contribution in [0.15, 0.2) is 97.1 Å². The summed E-state index contributed by atoms with van der Waals surface area (Å²) in [6.07, 6.45) is 7.24. The van der Waals surface area contributed by atoms with Crippen molar-refractivity contribution in [1.82, 2.24) is 9.80 Å². The molecule has 2 heterocycles. The molecule has 5 rings (SSSR count). The van der Waals surface area contributed by atoms with Crippen molar-refractivity contribution < 1.29 is 54.2 Å².